The van der Waals surface area contributed by atoms with E-state index in [0.717, 1.165) is 7.11 Å². The smallest absolute Gasteiger partial charge is 0.106 e. The Labute approximate surface area is 55.8 Å². The predicted molar refractivity (Wildman–Crippen MR) is 37.3 cm³/mol. The Morgan fingerprint density at radius 3 is 0.889 bits per heavy atom. The van der Waals surface area contributed by atoms with Gasteiger partial charge in [0.1, 0.15) is 13.6 Å². The molecule has 4 heteroatoms. The Morgan fingerprint density at radius 1 is 0.889 bits per heavy atom. The van der Waals surface area contributed by atoms with Crippen LogP contribution in [0, 0.1) is 0 Å². The van der Waals surface area contributed by atoms with Crippen LogP contribution in [0.4, 0.5) is 0 Å². The van der Waals surface area contributed by atoms with Crippen molar-refractivity contribution in [3.63, 3.8) is 0 Å². The van der Waals surface area contributed by atoms with E-state index in [2.05, 4.69) is 0 Å². The van der Waals surface area contributed by atoms with Crippen molar-refractivity contribution in [3.05, 3.63) is 0 Å². The van der Waals surface area contributed by atoms with Crippen molar-refractivity contribution in [2.45, 2.75) is 13.8 Å². The van der Waals surface area contributed by atoms with E-state index >= 15 is 0 Å². The highest BCUT2D eigenvalue weighted by Crippen LogP contribution is 1.14. The third-order valence-corrected chi connectivity index (χ3v) is 0. The zero-order valence-corrected chi connectivity index (χ0v) is 6.18. The molecule has 9 heavy (non-hydrogen) atoms. The van der Waals surface area contributed by atoms with Gasteiger partial charge in [-0.05, 0) is 0 Å². The maximum atomic E-state index is 8.00. The maximum Gasteiger partial charge on any atom is 0.106 e. The van der Waals surface area contributed by atoms with E-state index in [1.807, 2.05) is 27.4 Å². The van der Waals surface area contributed by atoms with Gasteiger partial charge in [0.05, 0.1) is 0 Å². The maximum absolute atomic E-state index is 8.00. The summed E-state index contributed by atoms with van der Waals surface area (Å²) in [5.41, 5.74) is 0. The van der Waals surface area contributed by atoms with Crippen molar-refractivity contribution in [2.24, 2.45) is 0 Å². The summed E-state index contributed by atoms with van der Waals surface area (Å²) < 4.78 is 0. The topological polar surface area (TPSA) is 85.9 Å². The third kappa shape index (κ3) is 367. The van der Waals surface area contributed by atoms with Crippen LogP contribution in [0.2, 0.25) is 0 Å². The summed E-state index contributed by atoms with van der Waals surface area (Å²) in [6.07, 6.45) is 0. The summed E-state index contributed by atoms with van der Waals surface area (Å²) in [4.78, 5) is 16.0. The van der Waals surface area contributed by atoms with E-state index < -0.39 is 0 Å². The first-order chi connectivity index (χ1) is 4.00. The van der Waals surface area contributed by atoms with E-state index in [1.165, 1.54) is 0 Å². The van der Waals surface area contributed by atoms with Gasteiger partial charge in [0, 0.05) is 7.11 Å². The first-order valence-electron chi connectivity index (χ1n) is 2.02. The first kappa shape index (κ1) is 41.0. The molecule has 0 bridgehead atoms. The number of carbonyl (C=O) groups excluding carboxylic acids is 2. The molecule has 0 amide bonds. The van der Waals surface area contributed by atoms with Crippen molar-refractivity contribution in [1.82, 2.24) is 0 Å². The van der Waals surface area contributed by atoms with Gasteiger partial charge in [-0.2, -0.15) is 0 Å². The summed E-state index contributed by atoms with van der Waals surface area (Å²) in [6, 6.07) is 0. The monoisotopic (exact) mass is 140 g/mol. The number of carbonyl (C=O) groups is 2. The van der Waals surface area contributed by atoms with Crippen LogP contribution in [0.3, 0.4) is 0 Å². The van der Waals surface area contributed by atoms with E-state index in [0.29, 0.717) is 0 Å². The van der Waals surface area contributed by atoms with Crippen LogP contribution in [0.1, 0.15) is 13.8 Å². The van der Waals surface area contributed by atoms with Gasteiger partial charge in [0.2, 0.25) is 0 Å². The molecule has 0 aliphatic carbocycles. The average molecular weight is 140 g/mol. The molecular formula is C5H16O4. The minimum absolute atomic E-state index is 0. The first-order valence-corrected chi connectivity index (χ1v) is 2.02. The van der Waals surface area contributed by atoms with Crippen molar-refractivity contribution in [3.8, 4) is 0 Å². The summed E-state index contributed by atoms with van der Waals surface area (Å²) >= 11 is 0. The Morgan fingerprint density at radius 2 is 0.889 bits per heavy atom. The van der Waals surface area contributed by atoms with Crippen molar-refractivity contribution < 1.29 is 20.2 Å². The molecule has 0 heterocycles. The van der Waals surface area contributed by atoms with Gasteiger partial charge in [-0.25, -0.2) is 0 Å². The van der Waals surface area contributed by atoms with Crippen molar-refractivity contribution in [1.29, 1.82) is 0 Å². The Kier molecular flexibility index (Phi) is 2360. The predicted octanol–water partition coefficient (Wildman–Crippen LogP) is -0.560. The second-order valence-corrected chi connectivity index (χ2v) is 0. The number of hydrogen-bond donors (Lipinski definition) is 1. The van der Waals surface area contributed by atoms with Gasteiger partial charge >= 0.3 is 0 Å². The second-order valence-electron chi connectivity index (χ2n) is 0. The Bertz CT molecular complexity index is 10.9. The fourth-order valence-electron chi connectivity index (χ4n) is 0. The molecule has 0 saturated carbocycles. The molecule has 0 fully saturated rings. The summed E-state index contributed by atoms with van der Waals surface area (Å²) in [5, 5.41) is 7.00. The lowest BCUT2D eigenvalue weighted by Gasteiger charge is -1.21. The van der Waals surface area contributed by atoms with Gasteiger partial charge < -0.3 is 20.2 Å². The molecule has 0 spiro atoms. The quantitative estimate of drug-likeness (QED) is 0.489. The highest BCUT2D eigenvalue weighted by molar-refractivity contribution is 5.11. The number of rotatable bonds is 0. The molecule has 0 unspecified atom stereocenters. The van der Waals surface area contributed by atoms with Gasteiger partial charge in [-0.3, -0.25) is 0 Å². The molecule has 0 aliphatic heterocycles. The normalized spacial score (nSPS) is 2.22. The highest BCUT2D eigenvalue weighted by atomic mass is 16.2. The minimum Gasteiger partial charge on any atom is -0.412 e. The molecule has 0 aromatic carbocycles. The minimum atomic E-state index is 0. The van der Waals surface area contributed by atoms with Crippen LogP contribution >= 0.6 is 0 Å². The molecule has 0 aromatic heterocycles. The molecule has 60 valence electrons. The lowest BCUT2D eigenvalue weighted by molar-refractivity contribution is -0.0987. The molecule has 0 aromatic rings. The lowest BCUT2D eigenvalue weighted by atomic mass is 11.0. The van der Waals surface area contributed by atoms with Crippen LogP contribution in [0.25, 0.3) is 0 Å². The average Bonchev–Trinajstić information content (AvgIpc) is 2.03. The Balaban J connectivity index is -0.00000000762. The molecule has 4 nitrogen and oxygen atoms in total. The molecule has 0 aliphatic rings. The number of aliphatic hydroxyl groups excluding tert-OH is 1. The SMILES string of the molecule is C=O.C=O.CC.CO.O. The molecule has 0 radical (unpaired) electrons. The second kappa shape index (κ2) is 520. The zero-order valence-electron chi connectivity index (χ0n) is 6.18. The summed E-state index contributed by atoms with van der Waals surface area (Å²) in [6.45, 7) is 8.00. The van der Waals surface area contributed by atoms with Crippen LogP contribution in [-0.2, 0) is 9.59 Å². The fraction of sp³-hybridized carbons (Fsp3) is 0.600. The Hall–Kier alpha value is -0.740. The zero-order chi connectivity index (χ0) is 8.00. The highest BCUT2D eigenvalue weighted by Gasteiger charge is 0.932. The van der Waals surface area contributed by atoms with Gasteiger partial charge in [-0.15, -0.1) is 0 Å². The van der Waals surface area contributed by atoms with Gasteiger partial charge in [0.25, 0.3) is 0 Å². The molecule has 3 N–H and O–H groups in total. The largest absolute Gasteiger partial charge is 0.412 e. The molecular weight excluding hydrogens is 124 g/mol. The van der Waals surface area contributed by atoms with E-state index in [1.54, 1.807) is 0 Å². The van der Waals surface area contributed by atoms with Crippen LogP contribution in [-0.4, -0.2) is 31.3 Å². The van der Waals surface area contributed by atoms with Gasteiger partial charge in [-0.1, -0.05) is 13.8 Å². The molecule has 0 rings (SSSR count). The van der Waals surface area contributed by atoms with Crippen LogP contribution in [0.15, 0.2) is 0 Å². The number of hydrogen-bond acceptors (Lipinski definition) is 3. The lowest BCUT2D eigenvalue weighted by Crippen LogP contribution is -1.25. The summed E-state index contributed by atoms with van der Waals surface area (Å²) in [5.74, 6) is 0. The summed E-state index contributed by atoms with van der Waals surface area (Å²) in [7, 11) is 1.00. The van der Waals surface area contributed by atoms with E-state index in [9.17, 15) is 0 Å². The van der Waals surface area contributed by atoms with Crippen molar-refractivity contribution in [2.75, 3.05) is 7.11 Å². The number of aliphatic hydroxyl groups is 1. The fourth-order valence-corrected chi connectivity index (χ4v) is 0. The van der Waals surface area contributed by atoms with E-state index in [-0.39, 0.29) is 5.48 Å². The standard InChI is InChI=1S/C2H6.CH4O.2CH2O.H2O/c4*1-2;/h1-2H3;2H,1H3;2*1H2;1H2. The molecule has 0 saturated heterocycles. The van der Waals surface area contributed by atoms with E-state index in [4.69, 9.17) is 14.7 Å². The van der Waals surface area contributed by atoms with Crippen LogP contribution < -0.4 is 0 Å². The molecule has 0 atom stereocenters. The van der Waals surface area contributed by atoms with Gasteiger partial charge in [0.15, 0.2) is 0 Å². The van der Waals surface area contributed by atoms with Crippen LogP contribution in [0.5, 0.6) is 0 Å². The third-order valence-electron chi connectivity index (χ3n) is 0. The van der Waals surface area contributed by atoms with Crippen molar-refractivity contribution >= 4 is 13.6 Å².